The van der Waals surface area contributed by atoms with Crippen LogP contribution in [0.25, 0.3) is 0 Å². The number of piperidine rings is 1. The molecule has 0 radical (unpaired) electrons. The summed E-state index contributed by atoms with van der Waals surface area (Å²) in [5, 5.41) is 3.21. The number of nitrogens with zero attached hydrogens (tertiary/aromatic N) is 1. The number of amides is 1. The molecule has 17 heavy (non-hydrogen) atoms. The monoisotopic (exact) mass is 239 g/mol. The third-order valence-corrected chi connectivity index (χ3v) is 4.15. The maximum atomic E-state index is 12.1. The maximum absolute atomic E-state index is 12.1. The van der Waals surface area contributed by atoms with E-state index in [1.54, 1.807) is 0 Å². The lowest BCUT2D eigenvalue weighted by molar-refractivity contribution is -0.127. The summed E-state index contributed by atoms with van der Waals surface area (Å²) in [6.45, 7) is 2.18. The van der Waals surface area contributed by atoms with Crippen LogP contribution in [0.3, 0.4) is 0 Å². The summed E-state index contributed by atoms with van der Waals surface area (Å²) in [5.74, 6) is 0.410. The van der Waals surface area contributed by atoms with Crippen LogP contribution < -0.4 is 11.1 Å². The topological polar surface area (TPSA) is 58.4 Å². The van der Waals surface area contributed by atoms with Gasteiger partial charge < -0.3 is 16.0 Å². The second kappa shape index (κ2) is 5.83. The van der Waals surface area contributed by atoms with E-state index in [2.05, 4.69) is 17.3 Å². The Kier molecular flexibility index (Phi) is 4.40. The Labute approximate surface area is 104 Å². The standard InChI is InChI=1S/C13H25N3O/c1-16-7-5-12(6-8-16)15-13(17)10-3-2-4-11(14)9-10/h10-12H,2-9,14H2,1H3,(H,15,17). The highest BCUT2D eigenvalue weighted by atomic mass is 16.1. The first-order valence-electron chi connectivity index (χ1n) is 6.89. The van der Waals surface area contributed by atoms with E-state index in [-0.39, 0.29) is 17.9 Å². The Morgan fingerprint density at radius 1 is 1.24 bits per heavy atom. The molecule has 1 aliphatic heterocycles. The molecule has 0 aromatic heterocycles. The molecule has 2 aliphatic rings. The van der Waals surface area contributed by atoms with E-state index in [0.29, 0.717) is 6.04 Å². The maximum Gasteiger partial charge on any atom is 0.223 e. The molecule has 1 amide bonds. The number of rotatable bonds is 2. The summed E-state index contributed by atoms with van der Waals surface area (Å²) < 4.78 is 0. The van der Waals surface area contributed by atoms with Gasteiger partial charge in [-0.25, -0.2) is 0 Å². The molecule has 4 heteroatoms. The van der Waals surface area contributed by atoms with Crippen LogP contribution in [0.5, 0.6) is 0 Å². The van der Waals surface area contributed by atoms with Gasteiger partial charge in [0.15, 0.2) is 0 Å². The average molecular weight is 239 g/mol. The normalized spacial score (nSPS) is 32.4. The minimum absolute atomic E-state index is 0.165. The summed E-state index contributed by atoms with van der Waals surface area (Å²) >= 11 is 0. The fraction of sp³-hybridized carbons (Fsp3) is 0.923. The van der Waals surface area contributed by atoms with Crippen molar-refractivity contribution < 1.29 is 4.79 Å². The summed E-state index contributed by atoms with van der Waals surface area (Å²) in [6.07, 6.45) is 6.25. The van der Waals surface area contributed by atoms with E-state index in [9.17, 15) is 4.79 Å². The molecular weight excluding hydrogens is 214 g/mol. The zero-order valence-electron chi connectivity index (χ0n) is 10.8. The van der Waals surface area contributed by atoms with Gasteiger partial charge >= 0.3 is 0 Å². The molecule has 2 fully saturated rings. The minimum Gasteiger partial charge on any atom is -0.353 e. The highest BCUT2D eigenvalue weighted by molar-refractivity contribution is 5.79. The van der Waals surface area contributed by atoms with Gasteiger partial charge in [-0.05, 0) is 52.2 Å². The highest BCUT2D eigenvalue weighted by Crippen LogP contribution is 2.23. The van der Waals surface area contributed by atoms with Crippen molar-refractivity contribution in [3.63, 3.8) is 0 Å². The second-order valence-corrected chi connectivity index (χ2v) is 5.71. The van der Waals surface area contributed by atoms with Crippen molar-refractivity contribution >= 4 is 5.91 Å². The zero-order chi connectivity index (χ0) is 12.3. The largest absolute Gasteiger partial charge is 0.353 e. The van der Waals surface area contributed by atoms with Gasteiger partial charge in [-0.1, -0.05) is 6.42 Å². The lowest BCUT2D eigenvalue weighted by Gasteiger charge is -2.32. The molecule has 98 valence electrons. The number of nitrogens with one attached hydrogen (secondary N) is 1. The molecule has 0 bridgehead atoms. The van der Waals surface area contributed by atoms with Crippen LogP contribution >= 0.6 is 0 Å². The summed E-state index contributed by atoms with van der Waals surface area (Å²) in [5.41, 5.74) is 5.93. The van der Waals surface area contributed by atoms with Gasteiger partial charge in [-0.3, -0.25) is 4.79 Å². The number of nitrogens with two attached hydrogens (primary N) is 1. The predicted molar refractivity (Wildman–Crippen MR) is 68.6 cm³/mol. The van der Waals surface area contributed by atoms with Gasteiger partial charge in [0.05, 0.1) is 0 Å². The average Bonchev–Trinajstić information content (AvgIpc) is 2.32. The Morgan fingerprint density at radius 3 is 2.59 bits per heavy atom. The fourth-order valence-electron chi connectivity index (χ4n) is 2.94. The number of carbonyl (C=O) groups excluding carboxylic acids is 1. The van der Waals surface area contributed by atoms with Crippen LogP contribution in [0.4, 0.5) is 0 Å². The Morgan fingerprint density at radius 2 is 1.94 bits per heavy atom. The van der Waals surface area contributed by atoms with E-state index in [0.717, 1.165) is 51.6 Å². The quantitative estimate of drug-likeness (QED) is 0.746. The van der Waals surface area contributed by atoms with Crippen LogP contribution in [0.2, 0.25) is 0 Å². The van der Waals surface area contributed by atoms with Crippen LogP contribution in [0, 0.1) is 5.92 Å². The molecule has 2 rings (SSSR count). The van der Waals surface area contributed by atoms with Crippen LogP contribution in [-0.2, 0) is 4.79 Å². The van der Waals surface area contributed by atoms with E-state index >= 15 is 0 Å². The number of hydrogen-bond acceptors (Lipinski definition) is 3. The first kappa shape index (κ1) is 12.8. The van der Waals surface area contributed by atoms with Gasteiger partial charge in [0.25, 0.3) is 0 Å². The molecule has 2 atom stereocenters. The van der Waals surface area contributed by atoms with Crippen LogP contribution in [0.1, 0.15) is 38.5 Å². The third-order valence-electron chi connectivity index (χ3n) is 4.15. The van der Waals surface area contributed by atoms with E-state index in [1.807, 2.05) is 0 Å². The number of likely N-dealkylation sites (tertiary alicyclic amines) is 1. The lowest BCUT2D eigenvalue weighted by atomic mass is 9.85. The lowest BCUT2D eigenvalue weighted by Crippen LogP contribution is -2.46. The van der Waals surface area contributed by atoms with Crippen molar-refractivity contribution in [3.05, 3.63) is 0 Å². The number of carbonyl (C=O) groups is 1. The van der Waals surface area contributed by atoms with Crippen molar-refractivity contribution in [1.82, 2.24) is 10.2 Å². The van der Waals surface area contributed by atoms with E-state index in [1.165, 1.54) is 0 Å². The zero-order valence-corrected chi connectivity index (χ0v) is 10.8. The van der Waals surface area contributed by atoms with Gasteiger partial charge in [0.1, 0.15) is 0 Å². The molecule has 1 heterocycles. The van der Waals surface area contributed by atoms with Crippen molar-refractivity contribution in [3.8, 4) is 0 Å². The van der Waals surface area contributed by atoms with Crippen molar-refractivity contribution in [2.45, 2.75) is 50.6 Å². The molecule has 4 nitrogen and oxygen atoms in total. The van der Waals surface area contributed by atoms with Gasteiger partial charge in [0, 0.05) is 18.0 Å². The molecule has 1 saturated heterocycles. The molecule has 1 aliphatic carbocycles. The Bertz CT molecular complexity index is 261. The van der Waals surface area contributed by atoms with E-state index in [4.69, 9.17) is 5.73 Å². The van der Waals surface area contributed by atoms with Crippen LogP contribution in [0.15, 0.2) is 0 Å². The third kappa shape index (κ3) is 3.68. The molecule has 0 aromatic carbocycles. The summed E-state index contributed by atoms with van der Waals surface area (Å²) in [4.78, 5) is 14.4. The minimum atomic E-state index is 0.165. The van der Waals surface area contributed by atoms with Crippen molar-refractivity contribution in [1.29, 1.82) is 0 Å². The predicted octanol–water partition coefficient (Wildman–Crippen LogP) is 0.714. The second-order valence-electron chi connectivity index (χ2n) is 5.71. The van der Waals surface area contributed by atoms with Crippen molar-refractivity contribution in [2.24, 2.45) is 11.7 Å². The molecule has 2 unspecified atom stereocenters. The fourth-order valence-corrected chi connectivity index (χ4v) is 2.94. The highest BCUT2D eigenvalue weighted by Gasteiger charge is 2.27. The SMILES string of the molecule is CN1CCC(NC(=O)C2CCCC(N)C2)CC1. The molecule has 0 spiro atoms. The van der Waals surface area contributed by atoms with Crippen molar-refractivity contribution in [2.75, 3.05) is 20.1 Å². The molecular formula is C13H25N3O. The first-order chi connectivity index (χ1) is 8.15. The van der Waals surface area contributed by atoms with Gasteiger partial charge in [0.2, 0.25) is 5.91 Å². The Balaban J connectivity index is 1.76. The summed E-state index contributed by atoms with van der Waals surface area (Å²) in [7, 11) is 2.14. The van der Waals surface area contributed by atoms with Gasteiger partial charge in [-0.2, -0.15) is 0 Å². The van der Waals surface area contributed by atoms with Gasteiger partial charge in [-0.15, -0.1) is 0 Å². The first-order valence-corrected chi connectivity index (χ1v) is 6.89. The molecule has 3 N–H and O–H groups in total. The summed E-state index contributed by atoms with van der Waals surface area (Å²) in [6, 6.07) is 0.619. The molecule has 1 saturated carbocycles. The van der Waals surface area contributed by atoms with Crippen LogP contribution in [-0.4, -0.2) is 43.0 Å². The smallest absolute Gasteiger partial charge is 0.223 e. The Hall–Kier alpha value is -0.610. The van der Waals surface area contributed by atoms with E-state index < -0.39 is 0 Å². The number of hydrogen-bond donors (Lipinski definition) is 2. The molecule has 0 aromatic rings.